The van der Waals surface area contributed by atoms with Gasteiger partial charge in [-0.05, 0) is 72.6 Å². The molecular formula is C60H112O8P2. The zero-order chi connectivity index (χ0) is 52.6. The summed E-state index contributed by atoms with van der Waals surface area (Å²) in [7, 11) is -5.24. The Hall–Kier alpha value is -1.34. The number of unbranched alkanes of at least 4 members (excludes halogenated alkanes) is 30. The van der Waals surface area contributed by atoms with Gasteiger partial charge in [-0.3, -0.25) is 0 Å². The number of aryl methyl sites for hydroxylation is 1. The molecule has 10 heteroatoms. The van der Waals surface area contributed by atoms with Crippen LogP contribution in [0.5, 0.6) is 11.5 Å². The van der Waals surface area contributed by atoms with Gasteiger partial charge in [0, 0.05) is 16.7 Å². The number of rotatable bonds is 38. The highest BCUT2D eigenvalue weighted by atomic mass is 31.2. The summed E-state index contributed by atoms with van der Waals surface area (Å²) in [6.07, 6.45) is 46.1. The van der Waals surface area contributed by atoms with Crippen molar-refractivity contribution in [1.29, 1.82) is 0 Å². The van der Waals surface area contributed by atoms with Gasteiger partial charge in [0.05, 0.1) is 6.61 Å². The maximum Gasteiger partial charge on any atom is 0.324 e. The van der Waals surface area contributed by atoms with Crippen LogP contribution in [0.2, 0.25) is 0 Å². The van der Waals surface area contributed by atoms with Gasteiger partial charge in [-0.15, -0.1) is 0 Å². The van der Waals surface area contributed by atoms with Gasteiger partial charge in [0.25, 0.3) is 0 Å². The molecule has 0 saturated carbocycles. The van der Waals surface area contributed by atoms with Gasteiger partial charge in [0.2, 0.25) is 0 Å². The number of benzene rings is 2. The molecular weight excluding hydrogens is 911 g/mol. The van der Waals surface area contributed by atoms with Crippen LogP contribution in [0, 0.1) is 6.92 Å². The minimum atomic E-state index is -2.62. The van der Waals surface area contributed by atoms with Crippen LogP contribution in [0.25, 0.3) is 11.1 Å². The maximum atomic E-state index is 12.3. The molecule has 0 saturated heterocycles. The first-order valence-electron chi connectivity index (χ1n) is 28.7. The second-order valence-corrected chi connectivity index (χ2v) is 23.5. The summed E-state index contributed by atoms with van der Waals surface area (Å²) in [5.41, 5.74) is 8.82. The molecule has 0 aliphatic rings. The van der Waals surface area contributed by atoms with E-state index < -0.39 is 17.2 Å². The molecule has 0 aliphatic carbocycles. The second-order valence-electron chi connectivity index (χ2n) is 22.5. The van der Waals surface area contributed by atoms with E-state index >= 15 is 0 Å². The van der Waals surface area contributed by atoms with Crippen molar-refractivity contribution in [3.63, 3.8) is 0 Å². The van der Waals surface area contributed by atoms with Crippen molar-refractivity contribution < 1.29 is 39.2 Å². The van der Waals surface area contributed by atoms with Crippen molar-refractivity contribution in [1.82, 2.24) is 0 Å². The number of phenols is 1. The summed E-state index contributed by atoms with van der Waals surface area (Å²) in [4.78, 5) is 43.4. The van der Waals surface area contributed by atoms with Crippen LogP contribution >= 0.6 is 17.2 Å². The second kappa shape index (κ2) is 43.0. The SMILES string of the molecule is CCCCCCCCCCCCCOc1c(-c2c(C(C)(C)C)cc(C)cc2C(C)(C)C)cc(O)c(CCCCCCCCCCCCC)c1CCCCCCCCCCCCC.OP(O)O.OP(O)O. The molecule has 0 amide bonds. The molecule has 70 heavy (non-hydrogen) atoms. The highest BCUT2D eigenvalue weighted by Crippen LogP contribution is 2.49. The van der Waals surface area contributed by atoms with E-state index in [1.165, 1.54) is 226 Å². The van der Waals surface area contributed by atoms with Crippen LogP contribution in [0.15, 0.2) is 18.2 Å². The number of aromatic hydroxyl groups is 1. The van der Waals surface area contributed by atoms with Crippen molar-refractivity contribution >= 4 is 17.2 Å². The lowest BCUT2D eigenvalue weighted by molar-refractivity contribution is 0.301. The van der Waals surface area contributed by atoms with E-state index in [9.17, 15) is 5.11 Å². The number of phenolic OH excluding ortho intramolecular Hbond substituents is 1. The molecule has 0 unspecified atom stereocenters. The first-order valence-corrected chi connectivity index (χ1v) is 31.1. The fraction of sp³-hybridized carbons (Fsp3) is 0.800. The molecule has 2 rings (SSSR count). The van der Waals surface area contributed by atoms with Crippen molar-refractivity contribution in [3.05, 3.63) is 46.0 Å². The summed E-state index contributed by atoms with van der Waals surface area (Å²) in [6, 6.07) is 6.97. The molecule has 0 spiro atoms. The van der Waals surface area contributed by atoms with Crippen LogP contribution in [-0.2, 0) is 23.7 Å². The quantitative estimate of drug-likeness (QED) is 0.0260. The third-order valence-electron chi connectivity index (χ3n) is 13.7. The van der Waals surface area contributed by atoms with Gasteiger partial charge in [-0.2, -0.15) is 0 Å². The van der Waals surface area contributed by atoms with E-state index in [4.69, 9.17) is 34.1 Å². The molecule has 0 fully saturated rings. The third kappa shape index (κ3) is 35.0. The first kappa shape index (κ1) is 68.7. The van der Waals surface area contributed by atoms with Gasteiger partial charge >= 0.3 is 17.2 Å². The van der Waals surface area contributed by atoms with Gasteiger partial charge in [0.15, 0.2) is 0 Å². The average molecular weight is 1020 g/mol. The Balaban J connectivity index is 0.00000550. The predicted octanol–water partition coefficient (Wildman–Crippen LogP) is 18.7. The molecule has 0 radical (unpaired) electrons. The Kier molecular flexibility index (Phi) is 42.1. The lowest BCUT2D eigenvalue weighted by atomic mass is 9.73. The van der Waals surface area contributed by atoms with E-state index in [1.807, 2.05) is 0 Å². The van der Waals surface area contributed by atoms with Crippen LogP contribution in [0.3, 0.4) is 0 Å². The van der Waals surface area contributed by atoms with Crippen molar-refractivity contribution in [2.24, 2.45) is 0 Å². The lowest BCUT2D eigenvalue weighted by Crippen LogP contribution is -2.20. The zero-order valence-corrected chi connectivity index (χ0v) is 48.9. The Bertz CT molecular complexity index is 1490. The molecule has 0 bridgehead atoms. The van der Waals surface area contributed by atoms with E-state index in [1.54, 1.807) is 0 Å². The van der Waals surface area contributed by atoms with Gasteiger partial charge in [-0.1, -0.05) is 273 Å². The Morgan fingerprint density at radius 3 is 0.971 bits per heavy atom. The minimum Gasteiger partial charge on any atom is -0.508 e. The van der Waals surface area contributed by atoms with Gasteiger partial charge in [0.1, 0.15) is 11.5 Å². The highest BCUT2D eigenvalue weighted by Gasteiger charge is 2.31. The summed E-state index contributed by atoms with van der Waals surface area (Å²) in [6.45, 7) is 24.1. The molecule has 0 aliphatic heterocycles. The van der Waals surface area contributed by atoms with Crippen molar-refractivity contribution in [3.8, 4) is 22.6 Å². The predicted molar refractivity (Wildman–Crippen MR) is 305 cm³/mol. The largest absolute Gasteiger partial charge is 0.508 e. The normalized spacial score (nSPS) is 11.8. The molecule has 0 atom stereocenters. The van der Waals surface area contributed by atoms with E-state index in [-0.39, 0.29) is 10.8 Å². The summed E-state index contributed by atoms with van der Waals surface area (Å²) >= 11 is 0. The molecule has 410 valence electrons. The molecule has 0 aromatic heterocycles. The maximum absolute atomic E-state index is 12.3. The first-order chi connectivity index (χ1) is 33.3. The topological polar surface area (TPSA) is 151 Å². The standard InChI is InChI=1S/C60H106O2.2H3O3P/c1-11-14-17-20-23-26-29-32-35-38-41-44-51-52(45-42-39-36-33-30-27-24-21-18-15-12-2)58(62-46-43-40-37-34-31-28-25-22-19-16-13-3)53(49-56(51)61)57-54(59(5,6)7)47-50(4)48-55(57)60(8,9)10;2*1-4(2)3/h47-49,61H,11-46H2,1-10H3;2*1-3H. The van der Waals surface area contributed by atoms with Crippen molar-refractivity contribution in [2.45, 2.75) is 305 Å². The molecule has 0 heterocycles. The van der Waals surface area contributed by atoms with Gasteiger partial charge < -0.3 is 39.2 Å². The highest BCUT2D eigenvalue weighted by molar-refractivity contribution is 7.38. The molecule has 2 aromatic rings. The van der Waals surface area contributed by atoms with E-state index in [0.717, 1.165) is 50.0 Å². The molecule has 7 N–H and O–H groups in total. The monoisotopic (exact) mass is 1020 g/mol. The third-order valence-corrected chi connectivity index (χ3v) is 13.7. The van der Waals surface area contributed by atoms with Crippen LogP contribution in [0.4, 0.5) is 0 Å². The fourth-order valence-corrected chi connectivity index (χ4v) is 9.77. The fourth-order valence-electron chi connectivity index (χ4n) is 9.77. The van der Waals surface area contributed by atoms with Crippen LogP contribution in [0.1, 0.15) is 302 Å². The number of hydrogen-bond donors (Lipinski definition) is 7. The summed E-state index contributed by atoms with van der Waals surface area (Å²) in [5.74, 6) is 1.58. The lowest BCUT2D eigenvalue weighted by Gasteiger charge is -2.32. The molecule has 2 aromatic carbocycles. The number of ether oxygens (including phenoxy) is 1. The Morgan fingerprint density at radius 1 is 0.400 bits per heavy atom. The van der Waals surface area contributed by atoms with E-state index in [0.29, 0.717) is 5.75 Å². The Labute approximate surface area is 434 Å². The zero-order valence-electron chi connectivity index (χ0n) is 47.1. The number of hydrogen-bond acceptors (Lipinski definition) is 8. The molecule has 8 nitrogen and oxygen atoms in total. The van der Waals surface area contributed by atoms with Crippen LogP contribution in [-0.4, -0.2) is 41.1 Å². The average Bonchev–Trinajstić information content (AvgIpc) is 3.27. The summed E-state index contributed by atoms with van der Waals surface area (Å²) < 4.78 is 7.21. The Morgan fingerprint density at radius 2 is 0.671 bits per heavy atom. The van der Waals surface area contributed by atoms with Crippen molar-refractivity contribution in [2.75, 3.05) is 6.61 Å². The van der Waals surface area contributed by atoms with Crippen LogP contribution < -0.4 is 4.74 Å². The smallest absolute Gasteiger partial charge is 0.324 e. The summed E-state index contributed by atoms with van der Waals surface area (Å²) in [5, 5.41) is 12.3. The van der Waals surface area contributed by atoms with Gasteiger partial charge in [-0.25, -0.2) is 0 Å². The minimum absolute atomic E-state index is 0.0609. The van der Waals surface area contributed by atoms with E-state index in [2.05, 4.69) is 87.4 Å².